The van der Waals surface area contributed by atoms with E-state index in [0.29, 0.717) is 16.7 Å². The fourth-order valence-electron chi connectivity index (χ4n) is 1.39. The summed E-state index contributed by atoms with van der Waals surface area (Å²) < 4.78 is 0.758. The third-order valence-electron chi connectivity index (χ3n) is 2.16. The molecule has 0 fully saturated rings. The van der Waals surface area contributed by atoms with Gasteiger partial charge >= 0.3 is 0 Å². The predicted molar refractivity (Wildman–Crippen MR) is 69.8 cm³/mol. The van der Waals surface area contributed by atoms with E-state index in [1.165, 1.54) is 0 Å². The molecule has 0 saturated heterocycles. The molecule has 2 rings (SSSR count). The monoisotopic (exact) mass is 312 g/mol. The quantitative estimate of drug-likeness (QED) is 0.816. The minimum Gasteiger partial charge on any atom is -0.261 e. The zero-order valence-corrected chi connectivity index (χ0v) is 11.5. The van der Waals surface area contributed by atoms with Crippen LogP contribution in [0.4, 0.5) is 0 Å². The SMILES string of the molecule is CCCc1nc(-c2cnccn2)nc(Cl)c1Br. The molecule has 2 heterocycles. The molecule has 0 spiro atoms. The van der Waals surface area contributed by atoms with Gasteiger partial charge in [0, 0.05) is 12.4 Å². The molecule has 0 aromatic carbocycles. The topological polar surface area (TPSA) is 51.6 Å². The summed E-state index contributed by atoms with van der Waals surface area (Å²) in [5.74, 6) is 0.509. The number of hydrogen-bond acceptors (Lipinski definition) is 4. The van der Waals surface area contributed by atoms with E-state index >= 15 is 0 Å². The minimum absolute atomic E-state index is 0.407. The van der Waals surface area contributed by atoms with Crippen LogP contribution in [-0.2, 0) is 6.42 Å². The van der Waals surface area contributed by atoms with Crippen molar-refractivity contribution in [2.45, 2.75) is 19.8 Å². The van der Waals surface area contributed by atoms with Crippen molar-refractivity contribution >= 4 is 27.5 Å². The van der Waals surface area contributed by atoms with Crippen molar-refractivity contribution in [1.82, 2.24) is 19.9 Å². The first-order chi connectivity index (χ1) is 8.22. The summed E-state index contributed by atoms with van der Waals surface area (Å²) in [6, 6.07) is 0. The Balaban J connectivity index is 2.49. The lowest BCUT2D eigenvalue weighted by Gasteiger charge is -2.06. The van der Waals surface area contributed by atoms with E-state index in [1.807, 2.05) is 0 Å². The molecule has 6 heteroatoms. The molecule has 88 valence electrons. The summed E-state index contributed by atoms with van der Waals surface area (Å²) in [6.07, 6.45) is 6.67. The van der Waals surface area contributed by atoms with Crippen LogP contribution in [0.1, 0.15) is 19.0 Å². The molecular formula is C11H10BrClN4. The first-order valence-electron chi connectivity index (χ1n) is 5.20. The molecule has 2 aromatic rings. The molecule has 0 aliphatic rings. The van der Waals surface area contributed by atoms with Gasteiger partial charge in [-0.15, -0.1) is 0 Å². The molecule has 0 saturated carbocycles. The number of aryl methyl sites for hydroxylation is 1. The smallest absolute Gasteiger partial charge is 0.181 e. The van der Waals surface area contributed by atoms with Gasteiger partial charge in [-0.25, -0.2) is 15.0 Å². The van der Waals surface area contributed by atoms with E-state index in [2.05, 4.69) is 42.8 Å². The number of hydrogen-bond donors (Lipinski definition) is 0. The maximum atomic E-state index is 6.06. The van der Waals surface area contributed by atoms with E-state index in [4.69, 9.17) is 11.6 Å². The summed E-state index contributed by atoms with van der Waals surface area (Å²) in [6.45, 7) is 2.09. The van der Waals surface area contributed by atoms with Gasteiger partial charge in [0.25, 0.3) is 0 Å². The molecule has 2 aromatic heterocycles. The first-order valence-corrected chi connectivity index (χ1v) is 6.37. The lowest BCUT2D eigenvalue weighted by atomic mass is 10.2. The average Bonchev–Trinajstić information content (AvgIpc) is 2.36. The summed E-state index contributed by atoms with van der Waals surface area (Å²) in [5, 5.41) is 0.407. The van der Waals surface area contributed by atoms with Crippen LogP contribution in [0.15, 0.2) is 23.1 Å². The molecule has 0 aliphatic carbocycles. The average molecular weight is 314 g/mol. The van der Waals surface area contributed by atoms with Crippen LogP contribution in [0, 0.1) is 0 Å². The second-order valence-corrected chi connectivity index (χ2v) is 4.59. The molecule has 0 amide bonds. The van der Waals surface area contributed by atoms with Gasteiger partial charge in [-0.1, -0.05) is 24.9 Å². The van der Waals surface area contributed by atoms with Gasteiger partial charge in [0.1, 0.15) is 10.8 Å². The second-order valence-electron chi connectivity index (χ2n) is 3.44. The minimum atomic E-state index is 0.407. The van der Waals surface area contributed by atoms with Crippen molar-refractivity contribution in [3.8, 4) is 11.5 Å². The van der Waals surface area contributed by atoms with E-state index in [9.17, 15) is 0 Å². The van der Waals surface area contributed by atoms with Gasteiger partial charge in [0.05, 0.1) is 16.4 Å². The van der Waals surface area contributed by atoms with Crippen LogP contribution in [0.2, 0.25) is 5.15 Å². The highest BCUT2D eigenvalue weighted by Crippen LogP contribution is 2.26. The Morgan fingerprint density at radius 1 is 1.29 bits per heavy atom. The van der Waals surface area contributed by atoms with Crippen LogP contribution in [-0.4, -0.2) is 19.9 Å². The third-order valence-corrected chi connectivity index (χ3v) is 3.49. The highest BCUT2D eigenvalue weighted by molar-refractivity contribution is 9.10. The van der Waals surface area contributed by atoms with Crippen molar-refractivity contribution in [3.63, 3.8) is 0 Å². The van der Waals surface area contributed by atoms with Crippen LogP contribution < -0.4 is 0 Å². The predicted octanol–water partition coefficient (Wildman–Crippen LogP) is 3.30. The van der Waals surface area contributed by atoms with Crippen LogP contribution in [0.25, 0.3) is 11.5 Å². The normalized spacial score (nSPS) is 10.5. The Morgan fingerprint density at radius 3 is 2.76 bits per heavy atom. The van der Waals surface area contributed by atoms with Crippen molar-refractivity contribution in [3.05, 3.63) is 33.9 Å². The highest BCUT2D eigenvalue weighted by atomic mass is 79.9. The maximum Gasteiger partial charge on any atom is 0.181 e. The zero-order chi connectivity index (χ0) is 12.3. The van der Waals surface area contributed by atoms with E-state index in [-0.39, 0.29) is 0 Å². The fraction of sp³-hybridized carbons (Fsp3) is 0.273. The van der Waals surface area contributed by atoms with Gasteiger partial charge in [-0.05, 0) is 22.4 Å². The fourth-order valence-corrected chi connectivity index (χ4v) is 1.96. The molecular weight excluding hydrogens is 304 g/mol. The van der Waals surface area contributed by atoms with Gasteiger partial charge in [0.15, 0.2) is 5.82 Å². The number of halogens is 2. The Labute approximate surface area is 113 Å². The number of aromatic nitrogens is 4. The first kappa shape index (κ1) is 12.4. The summed E-state index contributed by atoms with van der Waals surface area (Å²) in [4.78, 5) is 16.8. The van der Waals surface area contributed by atoms with Crippen LogP contribution >= 0.6 is 27.5 Å². The van der Waals surface area contributed by atoms with Gasteiger partial charge < -0.3 is 0 Å². The van der Waals surface area contributed by atoms with E-state index in [0.717, 1.165) is 23.0 Å². The summed E-state index contributed by atoms with van der Waals surface area (Å²) in [7, 11) is 0. The highest BCUT2D eigenvalue weighted by Gasteiger charge is 2.12. The number of rotatable bonds is 3. The Kier molecular flexibility index (Phi) is 4.02. The van der Waals surface area contributed by atoms with Crippen molar-refractivity contribution < 1.29 is 0 Å². The van der Waals surface area contributed by atoms with E-state index < -0.39 is 0 Å². The molecule has 0 N–H and O–H groups in total. The van der Waals surface area contributed by atoms with Gasteiger partial charge in [-0.3, -0.25) is 4.98 Å². The van der Waals surface area contributed by atoms with Crippen LogP contribution in [0.5, 0.6) is 0 Å². The Morgan fingerprint density at radius 2 is 2.12 bits per heavy atom. The lowest BCUT2D eigenvalue weighted by Crippen LogP contribution is -1.99. The summed E-state index contributed by atoms with van der Waals surface area (Å²) in [5.41, 5.74) is 1.52. The largest absolute Gasteiger partial charge is 0.261 e. The van der Waals surface area contributed by atoms with Gasteiger partial charge in [0.2, 0.25) is 0 Å². The molecule has 0 atom stereocenters. The zero-order valence-electron chi connectivity index (χ0n) is 9.19. The molecule has 0 unspecified atom stereocenters. The van der Waals surface area contributed by atoms with Crippen molar-refractivity contribution in [2.75, 3.05) is 0 Å². The second kappa shape index (κ2) is 5.51. The lowest BCUT2D eigenvalue weighted by molar-refractivity contribution is 0.866. The number of nitrogens with zero attached hydrogens (tertiary/aromatic N) is 4. The third kappa shape index (κ3) is 2.79. The summed E-state index contributed by atoms with van der Waals surface area (Å²) >= 11 is 9.45. The van der Waals surface area contributed by atoms with Gasteiger partial charge in [-0.2, -0.15) is 0 Å². The van der Waals surface area contributed by atoms with E-state index in [1.54, 1.807) is 18.6 Å². The van der Waals surface area contributed by atoms with Crippen LogP contribution in [0.3, 0.4) is 0 Å². The maximum absolute atomic E-state index is 6.06. The molecule has 17 heavy (non-hydrogen) atoms. The molecule has 0 bridgehead atoms. The Hall–Kier alpha value is -1.07. The van der Waals surface area contributed by atoms with Crippen molar-refractivity contribution in [2.24, 2.45) is 0 Å². The molecule has 0 radical (unpaired) electrons. The Bertz CT molecular complexity index is 518. The van der Waals surface area contributed by atoms with Crippen molar-refractivity contribution in [1.29, 1.82) is 0 Å². The molecule has 4 nitrogen and oxygen atoms in total. The standard InChI is InChI=1S/C11H10BrClN4/c1-2-3-7-9(12)10(13)17-11(16-7)8-6-14-4-5-15-8/h4-6H,2-3H2,1H3. The molecule has 0 aliphatic heterocycles.